The fraction of sp³-hybridized carbons (Fsp3) is 0.588. The third-order valence-electron chi connectivity index (χ3n) is 3.57. The van der Waals surface area contributed by atoms with Gasteiger partial charge < -0.3 is 19.5 Å². The molecule has 0 spiro atoms. The summed E-state index contributed by atoms with van der Waals surface area (Å²) in [7, 11) is 1.69. The molecule has 0 bridgehead atoms. The van der Waals surface area contributed by atoms with Gasteiger partial charge in [0.15, 0.2) is 11.5 Å². The van der Waals surface area contributed by atoms with Crippen LogP contribution in [0.1, 0.15) is 31.2 Å². The Hall–Kier alpha value is -1.75. The van der Waals surface area contributed by atoms with Crippen LogP contribution in [0.4, 0.5) is 0 Å². The lowest BCUT2D eigenvalue weighted by molar-refractivity contribution is -0.121. The Kier molecular flexibility index (Phi) is 7.03. The Bertz CT molecular complexity index is 476. The van der Waals surface area contributed by atoms with Crippen LogP contribution in [0.5, 0.6) is 11.5 Å². The lowest BCUT2D eigenvalue weighted by atomic mass is 10.1. The molecule has 1 N–H and O–H groups in total. The van der Waals surface area contributed by atoms with E-state index in [1.165, 1.54) is 5.56 Å². The highest BCUT2D eigenvalue weighted by Gasteiger charge is 2.11. The molecule has 0 atom stereocenters. The molecule has 0 aliphatic carbocycles. The van der Waals surface area contributed by atoms with Gasteiger partial charge in [0.05, 0.1) is 0 Å². The number of ether oxygens (including phenoxy) is 3. The SMILES string of the molecule is COCCCCNC(=O)CCCc1ccc2c(c1)OCCO2. The van der Waals surface area contributed by atoms with E-state index in [0.29, 0.717) is 19.6 Å². The number of methoxy groups -OCH3 is 1. The Labute approximate surface area is 131 Å². The first kappa shape index (κ1) is 16.6. The van der Waals surface area contributed by atoms with E-state index in [9.17, 15) is 4.79 Å². The molecule has 0 aromatic heterocycles. The second-order valence-electron chi connectivity index (χ2n) is 5.38. The van der Waals surface area contributed by atoms with Crippen LogP contribution >= 0.6 is 0 Å². The molecule has 1 aliphatic rings. The van der Waals surface area contributed by atoms with Crippen LogP contribution in [-0.2, 0) is 16.0 Å². The number of benzene rings is 1. The number of hydrogen-bond acceptors (Lipinski definition) is 4. The molecule has 0 radical (unpaired) electrons. The zero-order valence-corrected chi connectivity index (χ0v) is 13.2. The van der Waals surface area contributed by atoms with Crippen molar-refractivity contribution in [2.24, 2.45) is 0 Å². The van der Waals surface area contributed by atoms with Gasteiger partial charge in [-0.25, -0.2) is 0 Å². The maximum absolute atomic E-state index is 11.7. The standard InChI is InChI=1S/C17H25NO4/c1-20-10-3-2-9-18-17(19)6-4-5-14-7-8-15-16(13-14)22-12-11-21-15/h7-8,13H,2-6,9-12H2,1H3,(H,18,19). The molecule has 22 heavy (non-hydrogen) atoms. The highest BCUT2D eigenvalue weighted by Crippen LogP contribution is 2.31. The van der Waals surface area contributed by atoms with Gasteiger partial charge in [-0.05, 0) is 43.4 Å². The highest BCUT2D eigenvalue weighted by atomic mass is 16.6. The van der Waals surface area contributed by atoms with Crippen molar-refractivity contribution in [2.45, 2.75) is 32.1 Å². The number of amides is 1. The third kappa shape index (κ3) is 5.56. The molecule has 1 amide bonds. The summed E-state index contributed by atoms with van der Waals surface area (Å²) in [5, 5.41) is 2.94. The molecule has 5 heteroatoms. The molecule has 0 fully saturated rings. The van der Waals surface area contributed by atoms with Crippen molar-refractivity contribution in [1.29, 1.82) is 0 Å². The molecule has 0 saturated carbocycles. The first-order valence-electron chi connectivity index (χ1n) is 7.94. The molecule has 1 aromatic rings. The van der Waals surface area contributed by atoms with Crippen molar-refractivity contribution >= 4 is 5.91 Å². The molecule has 1 aliphatic heterocycles. The van der Waals surface area contributed by atoms with Gasteiger partial charge in [0, 0.05) is 26.7 Å². The minimum atomic E-state index is 0.120. The second-order valence-corrected chi connectivity index (χ2v) is 5.38. The van der Waals surface area contributed by atoms with Gasteiger partial charge in [0.2, 0.25) is 5.91 Å². The molecule has 122 valence electrons. The normalized spacial score (nSPS) is 13.0. The fourth-order valence-corrected chi connectivity index (χ4v) is 2.38. The van der Waals surface area contributed by atoms with Crippen LogP contribution in [0.2, 0.25) is 0 Å². The molecule has 0 unspecified atom stereocenters. The number of hydrogen-bond donors (Lipinski definition) is 1. The van der Waals surface area contributed by atoms with Crippen LogP contribution in [0.3, 0.4) is 0 Å². The van der Waals surface area contributed by atoms with E-state index in [2.05, 4.69) is 5.32 Å². The molecule has 1 aromatic carbocycles. The Morgan fingerprint density at radius 1 is 1.18 bits per heavy atom. The van der Waals surface area contributed by atoms with Gasteiger partial charge in [-0.1, -0.05) is 6.07 Å². The minimum Gasteiger partial charge on any atom is -0.486 e. The molecule has 0 saturated heterocycles. The maximum atomic E-state index is 11.7. The number of unbranched alkanes of at least 4 members (excludes halogenated alkanes) is 1. The quantitative estimate of drug-likeness (QED) is 0.711. The predicted molar refractivity (Wildman–Crippen MR) is 84.5 cm³/mol. The Balaban J connectivity index is 1.62. The molecule has 2 rings (SSSR count). The largest absolute Gasteiger partial charge is 0.486 e. The highest BCUT2D eigenvalue weighted by molar-refractivity contribution is 5.75. The third-order valence-corrected chi connectivity index (χ3v) is 3.57. The summed E-state index contributed by atoms with van der Waals surface area (Å²) in [5.74, 6) is 1.74. The van der Waals surface area contributed by atoms with Crippen LogP contribution in [0.15, 0.2) is 18.2 Å². The van der Waals surface area contributed by atoms with Gasteiger partial charge in [0.1, 0.15) is 13.2 Å². The summed E-state index contributed by atoms with van der Waals surface area (Å²) < 4.78 is 16.0. The molecule has 1 heterocycles. The number of rotatable bonds is 9. The first-order chi connectivity index (χ1) is 10.8. The summed E-state index contributed by atoms with van der Waals surface area (Å²) in [6, 6.07) is 5.99. The van der Waals surface area contributed by atoms with E-state index in [-0.39, 0.29) is 5.91 Å². The lowest BCUT2D eigenvalue weighted by Gasteiger charge is -2.18. The number of fused-ring (bicyclic) bond motifs is 1. The van der Waals surface area contributed by atoms with Crippen molar-refractivity contribution < 1.29 is 19.0 Å². The summed E-state index contributed by atoms with van der Waals surface area (Å²) in [4.78, 5) is 11.7. The smallest absolute Gasteiger partial charge is 0.220 e. The number of nitrogens with one attached hydrogen (secondary N) is 1. The van der Waals surface area contributed by atoms with E-state index in [1.54, 1.807) is 7.11 Å². The summed E-state index contributed by atoms with van der Waals surface area (Å²) in [6.45, 7) is 2.69. The second kappa shape index (κ2) is 9.30. The monoisotopic (exact) mass is 307 g/mol. The van der Waals surface area contributed by atoms with Crippen molar-refractivity contribution in [1.82, 2.24) is 5.32 Å². The van der Waals surface area contributed by atoms with Gasteiger partial charge in [-0.2, -0.15) is 0 Å². The van der Waals surface area contributed by atoms with E-state index in [4.69, 9.17) is 14.2 Å². The van der Waals surface area contributed by atoms with Gasteiger partial charge in [-0.3, -0.25) is 4.79 Å². The summed E-state index contributed by atoms with van der Waals surface area (Å²) in [5.41, 5.74) is 1.18. The van der Waals surface area contributed by atoms with Crippen molar-refractivity contribution in [2.75, 3.05) is 33.5 Å². The van der Waals surface area contributed by atoms with Gasteiger partial charge >= 0.3 is 0 Å². The van der Waals surface area contributed by atoms with Crippen LogP contribution in [0, 0.1) is 0 Å². The van der Waals surface area contributed by atoms with Gasteiger partial charge in [-0.15, -0.1) is 0 Å². The van der Waals surface area contributed by atoms with Crippen LogP contribution in [0.25, 0.3) is 0 Å². The summed E-state index contributed by atoms with van der Waals surface area (Å²) >= 11 is 0. The Morgan fingerprint density at radius 3 is 2.82 bits per heavy atom. The molecular formula is C17H25NO4. The van der Waals surface area contributed by atoms with E-state index >= 15 is 0 Å². The maximum Gasteiger partial charge on any atom is 0.220 e. The van der Waals surface area contributed by atoms with E-state index in [0.717, 1.165) is 50.3 Å². The number of carbonyl (C=O) groups is 1. The molecular weight excluding hydrogens is 282 g/mol. The van der Waals surface area contributed by atoms with Crippen LogP contribution < -0.4 is 14.8 Å². The van der Waals surface area contributed by atoms with E-state index < -0.39 is 0 Å². The number of aryl methyl sites for hydroxylation is 1. The van der Waals surface area contributed by atoms with E-state index in [1.807, 2.05) is 18.2 Å². The minimum absolute atomic E-state index is 0.120. The Morgan fingerprint density at radius 2 is 2.00 bits per heavy atom. The summed E-state index contributed by atoms with van der Waals surface area (Å²) in [6.07, 6.45) is 4.20. The van der Waals surface area contributed by atoms with Crippen molar-refractivity contribution in [3.63, 3.8) is 0 Å². The zero-order valence-electron chi connectivity index (χ0n) is 13.2. The zero-order chi connectivity index (χ0) is 15.6. The van der Waals surface area contributed by atoms with Crippen molar-refractivity contribution in [3.8, 4) is 11.5 Å². The lowest BCUT2D eigenvalue weighted by Crippen LogP contribution is -2.24. The van der Waals surface area contributed by atoms with Crippen molar-refractivity contribution in [3.05, 3.63) is 23.8 Å². The number of carbonyl (C=O) groups excluding carboxylic acids is 1. The average molecular weight is 307 g/mol. The van der Waals surface area contributed by atoms with Crippen LogP contribution in [-0.4, -0.2) is 39.4 Å². The molecule has 5 nitrogen and oxygen atoms in total. The average Bonchev–Trinajstić information content (AvgIpc) is 2.54. The van der Waals surface area contributed by atoms with Gasteiger partial charge in [0.25, 0.3) is 0 Å². The predicted octanol–water partition coefficient (Wildman–Crippen LogP) is 2.32. The fourth-order valence-electron chi connectivity index (χ4n) is 2.38. The first-order valence-corrected chi connectivity index (χ1v) is 7.94. The topological polar surface area (TPSA) is 56.8 Å².